The molecule has 1 aromatic heterocycles. The first-order valence-electron chi connectivity index (χ1n) is 6.93. The molecule has 0 aliphatic carbocycles. The lowest BCUT2D eigenvalue weighted by Gasteiger charge is -2.21. The van der Waals surface area contributed by atoms with Crippen LogP contribution in [-0.2, 0) is 10.0 Å². The third kappa shape index (κ3) is 3.23. The van der Waals surface area contributed by atoms with Crippen LogP contribution in [0.2, 0.25) is 0 Å². The summed E-state index contributed by atoms with van der Waals surface area (Å²) < 4.78 is 32.7. The Bertz CT molecular complexity index is 875. The van der Waals surface area contributed by atoms with Crippen molar-refractivity contribution in [2.75, 3.05) is 11.4 Å². The summed E-state index contributed by atoms with van der Waals surface area (Å²) in [5.74, 6) is 1.14. The van der Waals surface area contributed by atoms with E-state index in [1.165, 1.54) is 22.7 Å². The highest BCUT2D eigenvalue weighted by Gasteiger charge is 2.24. The fraction of sp³-hybridized carbons (Fsp3) is 0.0588. The van der Waals surface area contributed by atoms with Crippen LogP contribution >= 0.6 is 11.3 Å². The van der Waals surface area contributed by atoms with Crippen molar-refractivity contribution in [1.29, 1.82) is 0 Å². The van der Waals surface area contributed by atoms with Gasteiger partial charge in [0.1, 0.15) is 9.96 Å². The second-order valence-electron chi connectivity index (χ2n) is 4.79. The van der Waals surface area contributed by atoms with Gasteiger partial charge in [-0.2, -0.15) is 0 Å². The highest BCUT2D eigenvalue weighted by Crippen LogP contribution is 2.34. The van der Waals surface area contributed by atoms with Gasteiger partial charge in [0.25, 0.3) is 10.0 Å². The van der Waals surface area contributed by atoms with E-state index >= 15 is 0 Å². The maximum absolute atomic E-state index is 12.7. The van der Waals surface area contributed by atoms with Gasteiger partial charge in [-0.25, -0.2) is 8.42 Å². The van der Waals surface area contributed by atoms with Gasteiger partial charge < -0.3 is 4.74 Å². The maximum atomic E-state index is 12.7. The largest absolute Gasteiger partial charge is 0.455 e. The smallest absolute Gasteiger partial charge is 0.273 e. The number of sulfonamides is 1. The summed E-state index contributed by atoms with van der Waals surface area (Å²) in [7, 11) is -2.06. The lowest BCUT2D eigenvalue weighted by molar-refractivity contribution is 0.483. The van der Waals surface area contributed by atoms with Crippen molar-refractivity contribution in [3.63, 3.8) is 0 Å². The van der Waals surface area contributed by atoms with E-state index in [1.54, 1.807) is 35.7 Å². The molecule has 0 N–H and O–H groups in total. The molecular weight excluding hydrogens is 330 g/mol. The monoisotopic (exact) mass is 345 g/mol. The fourth-order valence-electron chi connectivity index (χ4n) is 2.09. The molecule has 4 nitrogen and oxygen atoms in total. The van der Waals surface area contributed by atoms with Crippen LogP contribution in [0.4, 0.5) is 5.69 Å². The van der Waals surface area contributed by atoms with E-state index in [4.69, 9.17) is 4.74 Å². The van der Waals surface area contributed by atoms with Gasteiger partial charge in [0.15, 0.2) is 5.75 Å². The van der Waals surface area contributed by atoms with Gasteiger partial charge in [-0.3, -0.25) is 4.31 Å². The molecule has 0 radical (unpaired) electrons. The molecule has 6 heteroatoms. The molecule has 0 saturated heterocycles. The molecule has 0 amide bonds. The molecule has 3 rings (SSSR count). The number of hydrogen-bond donors (Lipinski definition) is 0. The van der Waals surface area contributed by atoms with Crippen molar-refractivity contribution in [1.82, 2.24) is 0 Å². The number of para-hydroxylation sites is 3. The van der Waals surface area contributed by atoms with Crippen LogP contribution in [0.1, 0.15) is 0 Å². The van der Waals surface area contributed by atoms with Crippen LogP contribution in [0, 0.1) is 0 Å². The molecule has 0 bridgehead atoms. The number of hydrogen-bond acceptors (Lipinski definition) is 4. The van der Waals surface area contributed by atoms with Crippen molar-refractivity contribution in [2.24, 2.45) is 0 Å². The highest BCUT2D eigenvalue weighted by atomic mass is 32.2. The van der Waals surface area contributed by atoms with Crippen molar-refractivity contribution < 1.29 is 13.2 Å². The number of ether oxygens (including phenoxy) is 1. The van der Waals surface area contributed by atoms with E-state index in [1.807, 2.05) is 36.4 Å². The minimum absolute atomic E-state index is 0.300. The Hall–Kier alpha value is -2.31. The number of benzene rings is 2. The molecular formula is C17H15NO3S2. The summed E-state index contributed by atoms with van der Waals surface area (Å²) >= 11 is 1.19. The Labute approximate surface area is 139 Å². The Kier molecular flexibility index (Phi) is 4.36. The van der Waals surface area contributed by atoms with Gasteiger partial charge >= 0.3 is 0 Å². The number of anilines is 1. The summed E-state index contributed by atoms with van der Waals surface area (Å²) in [5.41, 5.74) is 0.491. The van der Waals surface area contributed by atoms with Gasteiger partial charge in [0.2, 0.25) is 0 Å². The minimum atomic E-state index is -3.59. The average Bonchev–Trinajstić information content (AvgIpc) is 3.11. The van der Waals surface area contributed by atoms with E-state index in [0.29, 0.717) is 21.4 Å². The average molecular weight is 345 g/mol. The van der Waals surface area contributed by atoms with Crippen molar-refractivity contribution in [3.8, 4) is 11.5 Å². The molecule has 0 aliphatic rings. The standard InChI is InChI=1S/C17H15NO3S2/c1-18(23(19,20)17-12-7-13-22-17)15-10-5-6-11-16(15)21-14-8-3-2-4-9-14/h2-13H,1H3. The summed E-state index contributed by atoms with van der Waals surface area (Å²) in [6.07, 6.45) is 0. The molecule has 118 valence electrons. The first-order valence-corrected chi connectivity index (χ1v) is 9.25. The van der Waals surface area contributed by atoms with Crippen LogP contribution < -0.4 is 9.04 Å². The van der Waals surface area contributed by atoms with E-state index < -0.39 is 10.0 Å². The number of nitrogens with zero attached hydrogens (tertiary/aromatic N) is 1. The van der Waals surface area contributed by atoms with Crippen LogP contribution in [0.25, 0.3) is 0 Å². The van der Waals surface area contributed by atoms with Crippen LogP contribution in [0.5, 0.6) is 11.5 Å². The van der Waals surface area contributed by atoms with Crippen LogP contribution in [0.15, 0.2) is 76.3 Å². The van der Waals surface area contributed by atoms with E-state index in [0.717, 1.165) is 0 Å². The fourth-order valence-corrected chi connectivity index (χ4v) is 4.46. The summed E-state index contributed by atoms with van der Waals surface area (Å²) in [5, 5.41) is 1.74. The third-order valence-electron chi connectivity index (χ3n) is 3.29. The highest BCUT2D eigenvalue weighted by molar-refractivity contribution is 7.94. The van der Waals surface area contributed by atoms with Crippen molar-refractivity contribution >= 4 is 27.0 Å². The van der Waals surface area contributed by atoms with Gasteiger partial charge in [0, 0.05) is 7.05 Å². The Morgan fingerprint density at radius 2 is 1.61 bits per heavy atom. The zero-order valence-electron chi connectivity index (χ0n) is 12.4. The van der Waals surface area contributed by atoms with Crippen molar-refractivity contribution in [3.05, 3.63) is 72.1 Å². The predicted octanol–water partition coefficient (Wildman–Crippen LogP) is 4.37. The van der Waals surface area contributed by atoms with Crippen LogP contribution in [0.3, 0.4) is 0 Å². The summed E-state index contributed by atoms with van der Waals surface area (Å²) in [6, 6.07) is 19.7. The summed E-state index contributed by atoms with van der Waals surface area (Å²) in [6.45, 7) is 0. The molecule has 0 saturated carbocycles. The van der Waals surface area contributed by atoms with Crippen LogP contribution in [-0.4, -0.2) is 15.5 Å². The Morgan fingerprint density at radius 1 is 0.913 bits per heavy atom. The Balaban J connectivity index is 1.97. The molecule has 2 aromatic carbocycles. The maximum Gasteiger partial charge on any atom is 0.273 e. The molecule has 1 heterocycles. The van der Waals surface area contributed by atoms with Gasteiger partial charge in [0.05, 0.1) is 5.69 Å². The second-order valence-corrected chi connectivity index (χ2v) is 7.93. The summed E-state index contributed by atoms with van der Waals surface area (Å²) in [4.78, 5) is 0. The lowest BCUT2D eigenvalue weighted by Crippen LogP contribution is -2.26. The van der Waals surface area contributed by atoms with Crippen molar-refractivity contribution in [2.45, 2.75) is 4.21 Å². The molecule has 0 aliphatic heterocycles. The van der Waals surface area contributed by atoms with Gasteiger partial charge in [-0.05, 0) is 35.7 Å². The first-order chi connectivity index (χ1) is 11.1. The SMILES string of the molecule is CN(c1ccccc1Oc1ccccc1)S(=O)(=O)c1cccs1. The number of thiophene rings is 1. The second kappa shape index (κ2) is 6.44. The lowest BCUT2D eigenvalue weighted by atomic mass is 10.3. The normalized spacial score (nSPS) is 11.2. The molecule has 0 atom stereocenters. The van der Waals surface area contributed by atoms with E-state index in [-0.39, 0.29) is 0 Å². The number of rotatable bonds is 5. The van der Waals surface area contributed by atoms with Gasteiger partial charge in [-0.1, -0.05) is 36.4 Å². The molecule has 0 unspecified atom stereocenters. The van der Waals surface area contributed by atoms with E-state index in [2.05, 4.69) is 0 Å². The predicted molar refractivity (Wildman–Crippen MR) is 92.9 cm³/mol. The third-order valence-corrected chi connectivity index (χ3v) is 6.43. The zero-order valence-corrected chi connectivity index (χ0v) is 14.0. The van der Waals surface area contributed by atoms with E-state index in [9.17, 15) is 8.42 Å². The molecule has 23 heavy (non-hydrogen) atoms. The zero-order chi connectivity index (χ0) is 16.3. The molecule has 0 spiro atoms. The topological polar surface area (TPSA) is 46.6 Å². The molecule has 3 aromatic rings. The first kappa shape index (κ1) is 15.6. The Morgan fingerprint density at radius 3 is 2.30 bits per heavy atom. The molecule has 0 fully saturated rings. The quantitative estimate of drug-likeness (QED) is 0.690. The minimum Gasteiger partial charge on any atom is -0.455 e. The van der Waals surface area contributed by atoms with Gasteiger partial charge in [-0.15, -0.1) is 11.3 Å².